The minimum atomic E-state index is -3.76. The molecule has 0 radical (unpaired) electrons. The van der Waals surface area contributed by atoms with E-state index < -0.39 is 10.0 Å². The van der Waals surface area contributed by atoms with Gasteiger partial charge in [0.1, 0.15) is 5.75 Å². The maximum atomic E-state index is 12.6. The number of anilines is 2. The third kappa shape index (κ3) is 7.16. The molecule has 0 spiro atoms. The summed E-state index contributed by atoms with van der Waals surface area (Å²) in [6.45, 7) is 1.99. The second kappa shape index (κ2) is 10.8. The maximum absolute atomic E-state index is 12.6. The van der Waals surface area contributed by atoms with Gasteiger partial charge in [0.2, 0.25) is 5.91 Å². The van der Waals surface area contributed by atoms with Crippen molar-refractivity contribution in [1.82, 2.24) is 5.32 Å². The van der Waals surface area contributed by atoms with Crippen LogP contribution in [0.4, 0.5) is 11.4 Å². The van der Waals surface area contributed by atoms with Crippen LogP contribution in [0.3, 0.4) is 0 Å². The molecule has 33 heavy (non-hydrogen) atoms. The largest absolute Gasteiger partial charge is 0.497 e. The minimum absolute atomic E-state index is 0.0832. The Balaban J connectivity index is 1.56. The van der Waals surface area contributed by atoms with Gasteiger partial charge in [-0.25, -0.2) is 8.42 Å². The summed E-state index contributed by atoms with van der Waals surface area (Å²) in [5.74, 6) is 0.248. The van der Waals surface area contributed by atoms with Crippen molar-refractivity contribution in [2.75, 3.05) is 17.1 Å². The molecular formula is C24H23N3O4S2. The highest BCUT2D eigenvalue weighted by Crippen LogP contribution is 2.20. The van der Waals surface area contributed by atoms with Crippen molar-refractivity contribution >= 4 is 50.7 Å². The summed E-state index contributed by atoms with van der Waals surface area (Å²) in [5, 5.41) is 5.50. The number of amides is 1. The van der Waals surface area contributed by atoms with Crippen LogP contribution in [0.2, 0.25) is 0 Å². The van der Waals surface area contributed by atoms with Gasteiger partial charge in [0.05, 0.1) is 12.0 Å². The van der Waals surface area contributed by atoms with E-state index >= 15 is 0 Å². The predicted molar refractivity (Wildman–Crippen MR) is 135 cm³/mol. The molecule has 0 unspecified atom stereocenters. The number of methoxy groups -OCH3 is 1. The molecule has 3 aromatic rings. The first kappa shape index (κ1) is 24.0. The molecule has 1 amide bonds. The van der Waals surface area contributed by atoms with Crippen molar-refractivity contribution in [2.24, 2.45) is 0 Å². The van der Waals surface area contributed by atoms with Crippen molar-refractivity contribution < 1.29 is 17.9 Å². The van der Waals surface area contributed by atoms with E-state index in [9.17, 15) is 13.2 Å². The summed E-state index contributed by atoms with van der Waals surface area (Å²) in [7, 11) is -2.23. The molecule has 0 saturated heterocycles. The molecule has 0 bridgehead atoms. The molecule has 3 N–H and O–H groups in total. The van der Waals surface area contributed by atoms with Gasteiger partial charge in [-0.3, -0.25) is 14.8 Å². The molecule has 3 rings (SSSR count). The number of nitrogens with one attached hydrogen (secondary N) is 3. The van der Waals surface area contributed by atoms with Crippen LogP contribution in [0.15, 0.2) is 83.8 Å². The second-order valence-electron chi connectivity index (χ2n) is 7.05. The fourth-order valence-corrected chi connectivity index (χ4v) is 4.03. The molecule has 0 aliphatic rings. The van der Waals surface area contributed by atoms with Crippen molar-refractivity contribution in [3.05, 3.63) is 90.0 Å². The smallest absolute Gasteiger partial charge is 0.261 e. The molecule has 0 aromatic heterocycles. The Morgan fingerprint density at radius 3 is 2.12 bits per heavy atom. The number of hydrogen-bond donors (Lipinski definition) is 3. The third-order valence-corrected chi connectivity index (χ3v) is 6.11. The van der Waals surface area contributed by atoms with Gasteiger partial charge in [0, 0.05) is 17.5 Å². The summed E-state index contributed by atoms with van der Waals surface area (Å²) in [4.78, 5) is 12.1. The van der Waals surface area contributed by atoms with E-state index in [1.165, 1.54) is 25.3 Å². The van der Waals surface area contributed by atoms with Crippen molar-refractivity contribution in [3.8, 4) is 5.75 Å². The van der Waals surface area contributed by atoms with Crippen LogP contribution < -0.4 is 20.1 Å². The van der Waals surface area contributed by atoms with Gasteiger partial charge in [0.15, 0.2) is 5.11 Å². The van der Waals surface area contributed by atoms with E-state index in [-0.39, 0.29) is 15.9 Å². The lowest BCUT2D eigenvalue weighted by Crippen LogP contribution is -2.32. The highest BCUT2D eigenvalue weighted by molar-refractivity contribution is 7.92. The van der Waals surface area contributed by atoms with Gasteiger partial charge >= 0.3 is 0 Å². The lowest BCUT2D eigenvalue weighted by molar-refractivity contribution is -0.115. The number of carbonyl (C=O) groups is 1. The fourth-order valence-electron chi connectivity index (χ4n) is 2.76. The molecule has 0 fully saturated rings. The van der Waals surface area contributed by atoms with Crippen LogP contribution in [0.1, 0.15) is 11.1 Å². The van der Waals surface area contributed by atoms with Crippen LogP contribution in [-0.2, 0) is 14.8 Å². The topological polar surface area (TPSA) is 96.5 Å². The Labute approximate surface area is 198 Å². The molecule has 7 nitrogen and oxygen atoms in total. The van der Waals surface area contributed by atoms with E-state index in [1.54, 1.807) is 42.5 Å². The van der Waals surface area contributed by atoms with Gasteiger partial charge in [0.25, 0.3) is 10.0 Å². The Kier molecular flexibility index (Phi) is 7.81. The summed E-state index contributed by atoms with van der Waals surface area (Å²) >= 11 is 5.16. The van der Waals surface area contributed by atoms with Gasteiger partial charge in [-0.1, -0.05) is 29.8 Å². The molecule has 0 saturated carbocycles. The standard InChI is InChI=1S/C24H23N3O4S2/c1-17-3-5-18(6-4-17)7-16-23(28)26-24(32)25-19-10-14-22(15-11-19)33(29,30)27-20-8-12-21(31-2)13-9-20/h3-16,27H,1-2H3,(H2,25,26,28,32)/b16-7+. The Bertz CT molecular complexity index is 1250. The number of thiocarbonyl (C=S) groups is 1. The SMILES string of the molecule is COc1ccc(NS(=O)(=O)c2ccc(NC(=S)NC(=O)/C=C/c3ccc(C)cc3)cc2)cc1. The number of aryl methyl sites for hydroxylation is 1. The number of benzene rings is 3. The van der Waals surface area contributed by atoms with Gasteiger partial charge in [-0.15, -0.1) is 0 Å². The Morgan fingerprint density at radius 2 is 1.52 bits per heavy atom. The summed E-state index contributed by atoms with van der Waals surface area (Å²) in [6, 6.07) is 20.3. The van der Waals surface area contributed by atoms with Crippen LogP contribution in [0, 0.1) is 6.92 Å². The first-order chi connectivity index (χ1) is 15.7. The number of carbonyl (C=O) groups excluding carboxylic acids is 1. The zero-order valence-electron chi connectivity index (χ0n) is 18.0. The maximum Gasteiger partial charge on any atom is 0.261 e. The normalized spacial score (nSPS) is 11.1. The van der Waals surface area contributed by atoms with E-state index in [4.69, 9.17) is 17.0 Å². The highest BCUT2D eigenvalue weighted by Gasteiger charge is 2.14. The van der Waals surface area contributed by atoms with Crippen molar-refractivity contribution in [3.63, 3.8) is 0 Å². The number of ether oxygens (including phenoxy) is 1. The van der Waals surface area contributed by atoms with Crippen LogP contribution in [0.25, 0.3) is 6.08 Å². The quantitative estimate of drug-likeness (QED) is 0.343. The monoisotopic (exact) mass is 481 g/mol. The van der Waals surface area contributed by atoms with E-state index in [1.807, 2.05) is 31.2 Å². The van der Waals surface area contributed by atoms with Crippen LogP contribution in [0.5, 0.6) is 5.75 Å². The average Bonchev–Trinajstić information content (AvgIpc) is 2.79. The molecular weight excluding hydrogens is 458 g/mol. The van der Waals surface area contributed by atoms with Gasteiger partial charge in [-0.05, 0) is 79.3 Å². The molecule has 0 atom stereocenters. The second-order valence-corrected chi connectivity index (χ2v) is 9.14. The summed E-state index contributed by atoms with van der Waals surface area (Å²) in [5.41, 5.74) is 2.98. The van der Waals surface area contributed by atoms with E-state index in [0.29, 0.717) is 17.1 Å². The van der Waals surface area contributed by atoms with Gasteiger partial charge < -0.3 is 10.1 Å². The van der Waals surface area contributed by atoms with Gasteiger partial charge in [-0.2, -0.15) is 0 Å². The number of hydrogen-bond acceptors (Lipinski definition) is 5. The lowest BCUT2D eigenvalue weighted by Gasteiger charge is -2.11. The third-order valence-electron chi connectivity index (χ3n) is 4.51. The molecule has 0 aliphatic heterocycles. The van der Waals surface area contributed by atoms with Crippen LogP contribution in [-0.4, -0.2) is 26.5 Å². The molecule has 0 heterocycles. The van der Waals surface area contributed by atoms with Crippen LogP contribution >= 0.6 is 12.2 Å². The number of rotatable bonds is 7. The lowest BCUT2D eigenvalue weighted by atomic mass is 10.1. The van der Waals surface area contributed by atoms with E-state index in [0.717, 1.165) is 11.1 Å². The zero-order valence-corrected chi connectivity index (χ0v) is 19.7. The average molecular weight is 482 g/mol. The molecule has 3 aromatic carbocycles. The zero-order chi connectivity index (χ0) is 23.8. The first-order valence-electron chi connectivity index (χ1n) is 9.89. The van der Waals surface area contributed by atoms with E-state index in [2.05, 4.69) is 15.4 Å². The summed E-state index contributed by atoms with van der Waals surface area (Å²) < 4.78 is 32.8. The Hall–Kier alpha value is -3.69. The van der Waals surface area contributed by atoms with Crippen molar-refractivity contribution in [2.45, 2.75) is 11.8 Å². The predicted octanol–water partition coefficient (Wildman–Crippen LogP) is 4.33. The Morgan fingerprint density at radius 1 is 0.909 bits per heavy atom. The summed E-state index contributed by atoms with van der Waals surface area (Å²) in [6.07, 6.45) is 3.08. The molecule has 0 aliphatic carbocycles. The number of sulfonamides is 1. The highest BCUT2D eigenvalue weighted by atomic mass is 32.2. The molecule has 170 valence electrons. The molecule has 9 heteroatoms. The minimum Gasteiger partial charge on any atom is -0.497 e. The fraction of sp³-hybridized carbons (Fsp3) is 0.0833. The first-order valence-corrected chi connectivity index (χ1v) is 11.8. The van der Waals surface area contributed by atoms with Crippen molar-refractivity contribution in [1.29, 1.82) is 0 Å².